The Bertz CT molecular complexity index is 2580. The third kappa shape index (κ3) is 4.59. The number of anilines is 2. The molecule has 10 rings (SSSR count). The Hall–Kier alpha value is -6.31. The van der Waals surface area contributed by atoms with E-state index in [1.54, 1.807) is 0 Å². The molecule has 2 aliphatic rings. The number of hydrogen-bond acceptors (Lipinski definition) is 7. The van der Waals surface area contributed by atoms with Gasteiger partial charge in [-0.3, -0.25) is 0 Å². The van der Waals surface area contributed by atoms with Crippen LogP contribution in [0, 0.1) is 0 Å². The summed E-state index contributed by atoms with van der Waals surface area (Å²) in [7, 11) is 4.19. The topological polar surface area (TPSA) is 70.8 Å². The summed E-state index contributed by atoms with van der Waals surface area (Å²) in [5.74, 6) is 1.83. The summed E-state index contributed by atoms with van der Waals surface area (Å²) in [5, 5.41) is 2.18. The monoisotopic (exact) mass is 649 g/mol. The molecular weight excluding hydrogens is 619 g/mol. The predicted molar refractivity (Wildman–Crippen MR) is 200 cm³/mol. The van der Waals surface area contributed by atoms with Crippen LogP contribution in [0.5, 0.6) is 0 Å². The van der Waals surface area contributed by atoms with Crippen molar-refractivity contribution in [3.8, 4) is 56.4 Å². The van der Waals surface area contributed by atoms with E-state index in [9.17, 15) is 0 Å². The second-order valence-corrected chi connectivity index (χ2v) is 12.9. The molecule has 0 spiro atoms. The third-order valence-corrected chi connectivity index (χ3v) is 9.95. The molecule has 2 atom stereocenters. The number of epoxide rings is 1. The zero-order chi connectivity index (χ0) is 33.3. The molecule has 2 unspecified atom stereocenters. The van der Waals surface area contributed by atoms with Gasteiger partial charge >= 0.3 is 0 Å². The second-order valence-electron chi connectivity index (χ2n) is 12.9. The minimum atomic E-state index is 0.110. The first-order chi connectivity index (χ1) is 24.6. The average molecular weight is 650 g/mol. The van der Waals surface area contributed by atoms with Crippen molar-refractivity contribution in [1.82, 2.24) is 15.0 Å². The fraction of sp³-hybridized carbons (Fsp3) is 0.0930. The van der Waals surface area contributed by atoms with Crippen LogP contribution < -0.4 is 9.80 Å². The molecule has 0 saturated carbocycles. The van der Waals surface area contributed by atoms with Crippen molar-refractivity contribution >= 4 is 33.3 Å². The molecule has 2 aliphatic heterocycles. The molecule has 7 heteroatoms. The van der Waals surface area contributed by atoms with E-state index in [2.05, 4.69) is 103 Å². The van der Waals surface area contributed by atoms with E-state index in [0.717, 1.165) is 60.9 Å². The molecule has 1 saturated heterocycles. The van der Waals surface area contributed by atoms with E-state index in [1.807, 2.05) is 60.7 Å². The van der Waals surface area contributed by atoms with Crippen molar-refractivity contribution < 1.29 is 9.15 Å². The van der Waals surface area contributed by atoms with E-state index in [1.165, 1.54) is 11.4 Å². The molecule has 2 aromatic heterocycles. The molecule has 50 heavy (non-hydrogen) atoms. The highest BCUT2D eigenvalue weighted by atomic mass is 16.6. The first-order valence-corrected chi connectivity index (χ1v) is 16.8. The molecule has 1 fully saturated rings. The van der Waals surface area contributed by atoms with Gasteiger partial charge < -0.3 is 19.0 Å². The highest BCUT2D eigenvalue weighted by Gasteiger charge is 2.50. The van der Waals surface area contributed by atoms with Crippen LogP contribution in [0.1, 0.15) is 0 Å². The summed E-state index contributed by atoms with van der Waals surface area (Å²) in [6, 6.07) is 47.9. The van der Waals surface area contributed by atoms with Crippen LogP contribution in [0.15, 0.2) is 144 Å². The third-order valence-electron chi connectivity index (χ3n) is 9.95. The smallest absolute Gasteiger partial charge is 0.178 e. The Labute approximate surface area is 289 Å². The highest BCUT2D eigenvalue weighted by Crippen LogP contribution is 2.46. The van der Waals surface area contributed by atoms with Gasteiger partial charge in [0.25, 0.3) is 0 Å². The standard InChI is InChI=1S/C43H31N5O2/c1-47-35-24-23-29(25-36(35)48(2)43-42(47)50-43)26-19-21-28(22-20-26)40-44-39(27-11-4-3-5-12-27)45-41(46-40)34-15-7-6-13-30(34)32-16-10-17-33-31-14-8-9-18-37(31)49-38(32)33/h3-25,42-43H,1-2H3. The maximum Gasteiger partial charge on any atom is 0.178 e. The van der Waals surface area contributed by atoms with Crippen molar-refractivity contribution in [2.75, 3.05) is 23.9 Å². The maximum atomic E-state index is 6.45. The predicted octanol–water partition coefficient (Wildman–Crippen LogP) is 9.67. The molecule has 0 bridgehead atoms. The highest BCUT2D eigenvalue weighted by molar-refractivity contribution is 6.10. The summed E-state index contributed by atoms with van der Waals surface area (Å²) in [6.07, 6.45) is 0.244. The van der Waals surface area contributed by atoms with Gasteiger partial charge in [0, 0.05) is 47.1 Å². The van der Waals surface area contributed by atoms with Crippen molar-refractivity contribution in [2.24, 2.45) is 0 Å². The van der Waals surface area contributed by atoms with Crippen LogP contribution in [0.4, 0.5) is 11.4 Å². The van der Waals surface area contributed by atoms with Gasteiger partial charge in [-0.1, -0.05) is 121 Å². The van der Waals surface area contributed by atoms with Crippen molar-refractivity contribution in [3.63, 3.8) is 0 Å². The SMILES string of the molecule is CN1c2ccc(-c3ccc(-c4nc(-c5ccccc5)nc(-c5ccccc5-c5cccc6c5oc5ccccc56)n4)cc3)cc2N(C)C2OC21. The lowest BCUT2D eigenvalue weighted by Crippen LogP contribution is -2.36. The number of nitrogens with zero attached hydrogens (tertiary/aromatic N) is 5. The number of hydrogen-bond donors (Lipinski definition) is 0. The average Bonchev–Trinajstić information content (AvgIpc) is 3.91. The number of fused-ring (bicyclic) bond motifs is 5. The number of aromatic nitrogens is 3. The normalized spacial score (nSPS) is 16.4. The molecule has 0 radical (unpaired) electrons. The number of para-hydroxylation sites is 2. The molecule has 7 nitrogen and oxygen atoms in total. The lowest BCUT2D eigenvalue weighted by Gasteiger charge is -2.31. The summed E-state index contributed by atoms with van der Waals surface area (Å²) < 4.78 is 12.3. The van der Waals surface area contributed by atoms with Crippen LogP contribution in [-0.2, 0) is 4.74 Å². The van der Waals surface area contributed by atoms with Crippen molar-refractivity contribution in [1.29, 1.82) is 0 Å². The quantitative estimate of drug-likeness (QED) is 0.172. The Morgan fingerprint density at radius 1 is 0.460 bits per heavy atom. The van der Waals surface area contributed by atoms with Crippen LogP contribution in [0.2, 0.25) is 0 Å². The van der Waals surface area contributed by atoms with E-state index in [4.69, 9.17) is 24.1 Å². The lowest BCUT2D eigenvalue weighted by atomic mass is 9.97. The summed E-state index contributed by atoms with van der Waals surface area (Å²) in [4.78, 5) is 19.6. The lowest BCUT2D eigenvalue weighted by molar-refractivity contribution is 0.372. The maximum absolute atomic E-state index is 6.45. The first kappa shape index (κ1) is 28.7. The number of benzene rings is 6. The van der Waals surface area contributed by atoms with Crippen LogP contribution >= 0.6 is 0 Å². The molecule has 4 heterocycles. The largest absolute Gasteiger partial charge is 0.455 e. The van der Waals surface area contributed by atoms with Gasteiger partial charge in [0.05, 0.1) is 11.4 Å². The minimum absolute atomic E-state index is 0.110. The summed E-state index contributed by atoms with van der Waals surface area (Å²) in [5.41, 5.74) is 11.0. The van der Waals surface area contributed by atoms with Crippen LogP contribution in [0.25, 0.3) is 78.4 Å². The number of likely N-dealkylation sites (N-methyl/N-ethyl adjacent to an activating group) is 2. The molecule has 6 aromatic carbocycles. The van der Waals surface area contributed by atoms with Gasteiger partial charge in [-0.25, -0.2) is 15.0 Å². The Morgan fingerprint density at radius 2 is 1.04 bits per heavy atom. The van der Waals surface area contributed by atoms with Gasteiger partial charge in [0.15, 0.2) is 29.9 Å². The molecule has 8 aromatic rings. The zero-order valence-corrected chi connectivity index (χ0v) is 27.5. The van der Waals surface area contributed by atoms with E-state index in [-0.39, 0.29) is 12.5 Å². The van der Waals surface area contributed by atoms with Gasteiger partial charge in [0.2, 0.25) is 0 Å². The minimum Gasteiger partial charge on any atom is -0.455 e. The number of rotatable bonds is 5. The van der Waals surface area contributed by atoms with Crippen molar-refractivity contribution in [2.45, 2.75) is 12.5 Å². The van der Waals surface area contributed by atoms with Gasteiger partial charge in [-0.15, -0.1) is 0 Å². The van der Waals surface area contributed by atoms with Crippen LogP contribution in [-0.4, -0.2) is 41.5 Å². The zero-order valence-electron chi connectivity index (χ0n) is 27.5. The fourth-order valence-corrected chi connectivity index (χ4v) is 7.25. The molecule has 240 valence electrons. The van der Waals surface area contributed by atoms with E-state index >= 15 is 0 Å². The Balaban J connectivity index is 1.08. The summed E-state index contributed by atoms with van der Waals surface area (Å²) >= 11 is 0. The second kappa shape index (κ2) is 11.1. The molecular formula is C43H31N5O2. The van der Waals surface area contributed by atoms with E-state index < -0.39 is 0 Å². The van der Waals surface area contributed by atoms with Crippen LogP contribution in [0.3, 0.4) is 0 Å². The number of furan rings is 1. The Morgan fingerprint density at radius 3 is 1.84 bits per heavy atom. The number of ether oxygens (including phenoxy) is 1. The molecule has 0 N–H and O–H groups in total. The van der Waals surface area contributed by atoms with Gasteiger partial charge in [0.1, 0.15) is 11.2 Å². The van der Waals surface area contributed by atoms with Gasteiger partial charge in [-0.2, -0.15) is 0 Å². The van der Waals surface area contributed by atoms with E-state index in [0.29, 0.717) is 17.5 Å². The van der Waals surface area contributed by atoms with Gasteiger partial charge in [-0.05, 0) is 34.9 Å². The fourth-order valence-electron chi connectivity index (χ4n) is 7.25. The van der Waals surface area contributed by atoms with Crippen molar-refractivity contribution in [3.05, 3.63) is 140 Å². The Kier molecular flexibility index (Phi) is 6.38. The molecule has 0 amide bonds. The first-order valence-electron chi connectivity index (χ1n) is 16.8. The molecule has 0 aliphatic carbocycles. The summed E-state index contributed by atoms with van der Waals surface area (Å²) in [6.45, 7) is 0.